The first kappa shape index (κ1) is 16.6. The molecule has 0 aliphatic heterocycles. The van der Waals surface area contributed by atoms with E-state index >= 15 is 0 Å². The number of benzene rings is 1. The molecule has 23 heavy (non-hydrogen) atoms. The van der Waals surface area contributed by atoms with E-state index in [1.807, 2.05) is 31.2 Å². The van der Waals surface area contributed by atoms with Crippen molar-refractivity contribution in [1.82, 2.24) is 10.2 Å². The van der Waals surface area contributed by atoms with Crippen LogP contribution in [0.25, 0.3) is 0 Å². The molecular formula is C15H15N3O4S. The monoisotopic (exact) mass is 333 g/mol. The third kappa shape index (κ3) is 5.87. The maximum Gasteiger partial charge on any atom is 0.328 e. The van der Waals surface area contributed by atoms with E-state index in [1.54, 1.807) is 0 Å². The van der Waals surface area contributed by atoms with Gasteiger partial charge in [0.1, 0.15) is 10.8 Å². The lowest BCUT2D eigenvalue weighted by Gasteiger charge is -2.04. The van der Waals surface area contributed by atoms with Crippen LogP contribution in [0.5, 0.6) is 5.75 Å². The second-order valence-corrected chi connectivity index (χ2v) is 5.64. The van der Waals surface area contributed by atoms with Crippen molar-refractivity contribution in [2.45, 2.75) is 13.3 Å². The van der Waals surface area contributed by atoms with Crippen LogP contribution in [0.3, 0.4) is 0 Å². The minimum Gasteiger partial charge on any atom is -0.493 e. The summed E-state index contributed by atoms with van der Waals surface area (Å²) in [5, 5.41) is 19.7. The quantitative estimate of drug-likeness (QED) is 0.752. The summed E-state index contributed by atoms with van der Waals surface area (Å²) in [6.45, 7) is 2.44. The van der Waals surface area contributed by atoms with Crippen molar-refractivity contribution >= 4 is 28.3 Å². The summed E-state index contributed by atoms with van der Waals surface area (Å²) in [7, 11) is 0. The molecule has 8 heteroatoms. The summed E-state index contributed by atoms with van der Waals surface area (Å²) in [5.41, 5.74) is 1.12. The number of aliphatic carboxylic acids is 1. The highest BCUT2D eigenvalue weighted by Gasteiger charge is 2.07. The summed E-state index contributed by atoms with van der Waals surface area (Å²) >= 11 is 1.22. The Kier molecular flexibility index (Phi) is 5.81. The lowest BCUT2D eigenvalue weighted by atomic mass is 10.2. The van der Waals surface area contributed by atoms with Crippen molar-refractivity contribution in [3.05, 3.63) is 47.0 Å². The number of carboxylic acid groups (broad SMARTS) is 1. The summed E-state index contributed by atoms with van der Waals surface area (Å²) in [6.07, 6.45) is 2.24. The van der Waals surface area contributed by atoms with E-state index in [0.717, 1.165) is 28.5 Å². The zero-order valence-corrected chi connectivity index (χ0v) is 13.2. The van der Waals surface area contributed by atoms with Crippen LogP contribution in [0.2, 0.25) is 0 Å². The molecule has 0 spiro atoms. The number of carbonyl (C=O) groups excluding carboxylic acids is 1. The molecule has 7 nitrogen and oxygen atoms in total. The number of ether oxygens (including phenoxy) is 1. The molecule has 120 valence electrons. The Labute approximate surface area is 136 Å². The first-order valence-corrected chi connectivity index (χ1v) is 7.58. The second kappa shape index (κ2) is 8.04. The minimum absolute atomic E-state index is 0.315. The smallest absolute Gasteiger partial charge is 0.328 e. The van der Waals surface area contributed by atoms with Crippen molar-refractivity contribution in [3.63, 3.8) is 0 Å². The van der Waals surface area contributed by atoms with Gasteiger partial charge in [-0.05, 0) is 24.6 Å². The number of rotatable bonds is 7. The molecule has 2 rings (SSSR count). The number of hydrogen-bond donors (Lipinski definition) is 2. The van der Waals surface area contributed by atoms with Crippen LogP contribution >= 0.6 is 11.3 Å². The highest BCUT2D eigenvalue weighted by atomic mass is 32.1. The molecule has 0 unspecified atom stereocenters. The number of amides is 1. The first-order valence-electron chi connectivity index (χ1n) is 6.77. The number of aryl methyl sites for hydroxylation is 1. The van der Waals surface area contributed by atoms with Gasteiger partial charge in [-0.1, -0.05) is 23.5 Å². The van der Waals surface area contributed by atoms with Gasteiger partial charge in [-0.2, -0.15) is 0 Å². The van der Waals surface area contributed by atoms with E-state index in [9.17, 15) is 9.59 Å². The van der Waals surface area contributed by atoms with E-state index < -0.39 is 11.9 Å². The minimum atomic E-state index is -1.19. The fourth-order valence-electron chi connectivity index (χ4n) is 1.66. The Morgan fingerprint density at radius 3 is 2.91 bits per heavy atom. The molecule has 0 saturated carbocycles. The van der Waals surface area contributed by atoms with Crippen LogP contribution in [-0.4, -0.2) is 33.8 Å². The molecule has 0 aliphatic carbocycles. The molecule has 0 atom stereocenters. The van der Waals surface area contributed by atoms with Gasteiger partial charge in [-0.3, -0.25) is 10.1 Å². The van der Waals surface area contributed by atoms with Crippen LogP contribution in [0.4, 0.5) is 5.13 Å². The molecule has 1 aromatic heterocycles. The molecule has 0 fully saturated rings. The average molecular weight is 333 g/mol. The van der Waals surface area contributed by atoms with Crippen molar-refractivity contribution in [3.8, 4) is 5.75 Å². The van der Waals surface area contributed by atoms with Gasteiger partial charge in [0.05, 0.1) is 6.61 Å². The van der Waals surface area contributed by atoms with E-state index in [0.29, 0.717) is 18.2 Å². The normalized spacial score (nSPS) is 10.7. The molecule has 1 heterocycles. The van der Waals surface area contributed by atoms with E-state index in [2.05, 4.69) is 15.5 Å². The Balaban J connectivity index is 1.80. The third-order valence-corrected chi connectivity index (χ3v) is 3.55. The summed E-state index contributed by atoms with van der Waals surface area (Å²) in [5.74, 6) is -0.959. The highest BCUT2D eigenvalue weighted by molar-refractivity contribution is 7.15. The predicted molar refractivity (Wildman–Crippen MR) is 85.7 cm³/mol. The number of carbonyl (C=O) groups is 2. The maximum atomic E-state index is 11.4. The van der Waals surface area contributed by atoms with Crippen LogP contribution in [-0.2, 0) is 16.0 Å². The number of hydrogen-bond acceptors (Lipinski definition) is 6. The number of nitrogens with one attached hydrogen (secondary N) is 1. The van der Waals surface area contributed by atoms with Gasteiger partial charge in [0, 0.05) is 18.6 Å². The van der Waals surface area contributed by atoms with Crippen LogP contribution in [0.15, 0.2) is 36.4 Å². The van der Waals surface area contributed by atoms with Gasteiger partial charge in [0.15, 0.2) is 0 Å². The fraction of sp³-hybridized carbons (Fsp3) is 0.200. The third-order valence-electron chi connectivity index (χ3n) is 2.65. The topological polar surface area (TPSA) is 101 Å². The molecular weight excluding hydrogens is 318 g/mol. The molecule has 0 aliphatic rings. The zero-order chi connectivity index (χ0) is 16.7. The van der Waals surface area contributed by atoms with Gasteiger partial charge in [0.2, 0.25) is 11.0 Å². The van der Waals surface area contributed by atoms with E-state index in [4.69, 9.17) is 9.84 Å². The standard InChI is InChI=1S/C15H15N3O4S/c1-10-3-2-4-11(9-10)22-8-7-13-17-18-15(23-13)16-12(19)5-6-14(20)21/h2-6,9H,7-8H2,1H3,(H,20,21)(H,16,18,19)/b6-5+. The summed E-state index contributed by atoms with van der Waals surface area (Å²) < 4.78 is 5.62. The summed E-state index contributed by atoms with van der Waals surface area (Å²) in [4.78, 5) is 21.7. The Hall–Kier alpha value is -2.74. The van der Waals surface area contributed by atoms with Crippen LogP contribution < -0.4 is 10.1 Å². The zero-order valence-electron chi connectivity index (χ0n) is 12.4. The van der Waals surface area contributed by atoms with E-state index in [-0.39, 0.29) is 0 Å². The second-order valence-electron chi connectivity index (χ2n) is 4.58. The lowest BCUT2D eigenvalue weighted by molar-refractivity contribution is -0.131. The molecule has 0 bridgehead atoms. The number of carboxylic acids is 1. The Morgan fingerprint density at radius 1 is 1.35 bits per heavy atom. The Morgan fingerprint density at radius 2 is 2.17 bits per heavy atom. The van der Waals surface area contributed by atoms with Crippen LogP contribution in [0, 0.1) is 6.92 Å². The molecule has 0 radical (unpaired) electrons. The SMILES string of the molecule is Cc1cccc(OCCc2nnc(NC(=O)/C=C/C(=O)O)s2)c1. The highest BCUT2D eigenvalue weighted by Crippen LogP contribution is 2.17. The Bertz CT molecular complexity index is 727. The number of nitrogens with zero attached hydrogens (tertiary/aromatic N) is 2. The van der Waals surface area contributed by atoms with Gasteiger partial charge in [0.25, 0.3) is 0 Å². The van der Waals surface area contributed by atoms with Crippen molar-refractivity contribution in [2.75, 3.05) is 11.9 Å². The molecule has 1 amide bonds. The number of aromatic nitrogens is 2. The van der Waals surface area contributed by atoms with Gasteiger partial charge in [-0.25, -0.2) is 4.79 Å². The molecule has 1 aromatic carbocycles. The van der Waals surface area contributed by atoms with Crippen molar-refractivity contribution in [2.24, 2.45) is 0 Å². The largest absolute Gasteiger partial charge is 0.493 e. The van der Waals surface area contributed by atoms with Gasteiger partial charge in [-0.15, -0.1) is 10.2 Å². The van der Waals surface area contributed by atoms with Crippen molar-refractivity contribution < 1.29 is 19.4 Å². The average Bonchev–Trinajstić information content (AvgIpc) is 2.93. The summed E-state index contributed by atoms with van der Waals surface area (Å²) in [6, 6.07) is 7.74. The maximum absolute atomic E-state index is 11.4. The molecule has 2 N–H and O–H groups in total. The van der Waals surface area contributed by atoms with Gasteiger partial charge >= 0.3 is 5.97 Å². The predicted octanol–water partition coefficient (Wildman–Crippen LogP) is 2.05. The van der Waals surface area contributed by atoms with Crippen LogP contribution in [0.1, 0.15) is 10.6 Å². The van der Waals surface area contributed by atoms with E-state index in [1.165, 1.54) is 11.3 Å². The lowest BCUT2D eigenvalue weighted by Crippen LogP contribution is -2.08. The van der Waals surface area contributed by atoms with Crippen molar-refractivity contribution in [1.29, 1.82) is 0 Å². The van der Waals surface area contributed by atoms with Gasteiger partial charge < -0.3 is 9.84 Å². The molecule has 2 aromatic rings. The first-order chi connectivity index (χ1) is 11.0. The number of anilines is 1. The molecule has 0 saturated heterocycles. The fourth-order valence-corrected chi connectivity index (χ4v) is 2.38.